The Labute approximate surface area is 213 Å². The first-order valence-electron chi connectivity index (χ1n) is 15.1. The summed E-state index contributed by atoms with van der Waals surface area (Å²) in [7, 11) is 0. The average Bonchev–Trinajstić information content (AvgIpc) is 2.83. The van der Waals surface area contributed by atoms with Gasteiger partial charge in [0.1, 0.15) is 0 Å². The summed E-state index contributed by atoms with van der Waals surface area (Å²) < 4.78 is 0. The Balaban J connectivity index is 0. The lowest BCUT2D eigenvalue weighted by molar-refractivity contribution is -0.137. The van der Waals surface area contributed by atoms with Gasteiger partial charge >= 0.3 is 5.97 Å². The quantitative estimate of drug-likeness (QED) is 0.101. The molecule has 0 bridgehead atoms. The molecule has 0 aliphatic heterocycles. The van der Waals surface area contributed by atoms with Crippen molar-refractivity contribution in [2.45, 2.75) is 174 Å². The van der Waals surface area contributed by atoms with Gasteiger partial charge in [-0.2, -0.15) is 0 Å². The number of carbonyl (C=O) groups is 1. The maximum absolute atomic E-state index is 10.3. The summed E-state index contributed by atoms with van der Waals surface area (Å²) in [5, 5.41) is 25.7. The van der Waals surface area contributed by atoms with Gasteiger partial charge in [-0.1, -0.05) is 148 Å². The van der Waals surface area contributed by atoms with E-state index in [0.29, 0.717) is 19.6 Å². The molecule has 0 amide bonds. The predicted molar refractivity (Wildman–Crippen MR) is 148 cm³/mol. The first-order valence-corrected chi connectivity index (χ1v) is 15.1. The van der Waals surface area contributed by atoms with Gasteiger partial charge in [-0.15, -0.1) is 0 Å². The summed E-state index contributed by atoms with van der Waals surface area (Å²) in [6.45, 7) is 2.97. The Morgan fingerprint density at radius 2 is 0.647 bits per heavy atom. The molecular formula is C30H62O4. The number of unbranched alkanes of at least 4 members (excludes halogenated alkanes) is 23. The Kier molecular flexibility index (Phi) is 36.1. The van der Waals surface area contributed by atoms with E-state index < -0.39 is 5.97 Å². The highest BCUT2D eigenvalue weighted by Crippen LogP contribution is 2.13. The normalized spacial score (nSPS) is 10.8. The highest BCUT2D eigenvalue weighted by Gasteiger charge is 1.97. The zero-order chi connectivity index (χ0) is 25.4. The number of hydrogen-bond acceptors (Lipinski definition) is 3. The van der Waals surface area contributed by atoms with Crippen molar-refractivity contribution in [3.8, 4) is 0 Å². The molecular weight excluding hydrogens is 424 g/mol. The van der Waals surface area contributed by atoms with Crippen LogP contribution in [0.5, 0.6) is 0 Å². The summed E-state index contributed by atoms with van der Waals surface area (Å²) in [4.78, 5) is 10.3. The minimum Gasteiger partial charge on any atom is -0.481 e. The van der Waals surface area contributed by atoms with E-state index in [1.165, 1.54) is 135 Å². The van der Waals surface area contributed by atoms with Gasteiger partial charge in [-0.05, 0) is 19.3 Å². The van der Waals surface area contributed by atoms with Crippen LogP contribution in [0.25, 0.3) is 0 Å². The van der Waals surface area contributed by atoms with E-state index in [2.05, 4.69) is 6.92 Å². The Morgan fingerprint density at radius 1 is 0.412 bits per heavy atom. The smallest absolute Gasteiger partial charge is 0.303 e. The second kappa shape index (κ2) is 34.6. The van der Waals surface area contributed by atoms with Gasteiger partial charge in [-0.3, -0.25) is 4.79 Å². The van der Waals surface area contributed by atoms with Crippen LogP contribution in [0.4, 0.5) is 0 Å². The maximum Gasteiger partial charge on any atom is 0.303 e. The zero-order valence-corrected chi connectivity index (χ0v) is 23.0. The fourth-order valence-electron chi connectivity index (χ4n) is 4.29. The van der Waals surface area contributed by atoms with Crippen molar-refractivity contribution in [3.63, 3.8) is 0 Å². The average molecular weight is 487 g/mol. The molecule has 0 saturated carbocycles. The minimum atomic E-state index is -0.655. The van der Waals surface area contributed by atoms with Crippen molar-refractivity contribution in [2.75, 3.05) is 13.2 Å². The molecule has 0 rings (SSSR count). The van der Waals surface area contributed by atoms with Gasteiger partial charge in [0.15, 0.2) is 0 Å². The van der Waals surface area contributed by atoms with E-state index in [-0.39, 0.29) is 0 Å². The molecule has 0 aromatic heterocycles. The number of hydrogen-bond donors (Lipinski definition) is 3. The molecule has 0 heterocycles. The molecule has 0 aliphatic rings. The van der Waals surface area contributed by atoms with Gasteiger partial charge in [0, 0.05) is 19.6 Å². The highest BCUT2D eigenvalue weighted by atomic mass is 16.4. The van der Waals surface area contributed by atoms with Crippen LogP contribution in [0.3, 0.4) is 0 Å². The van der Waals surface area contributed by atoms with Crippen molar-refractivity contribution in [1.82, 2.24) is 0 Å². The molecule has 0 atom stereocenters. The second-order valence-corrected chi connectivity index (χ2v) is 10.1. The molecule has 0 aromatic carbocycles. The van der Waals surface area contributed by atoms with Crippen LogP contribution < -0.4 is 0 Å². The minimum absolute atomic E-state index is 0.345. The fourth-order valence-corrected chi connectivity index (χ4v) is 4.29. The first-order chi connectivity index (χ1) is 16.7. The largest absolute Gasteiger partial charge is 0.481 e. The molecule has 0 spiro atoms. The summed E-state index contributed by atoms with van der Waals surface area (Å²) in [6.07, 6.45) is 32.3. The van der Waals surface area contributed by atoms with Gasteiger partial charge in [-0.25, -0.2) is 0 Å². The Hall–Kier alpha value is -0.610. The lowest BCUT2D eigenvalue weighted by Gasteiger charge is -2.02. The van der Waals surface area contributed by atoms with E-state index in [0.717, 1.165) is 25.7 Å². The number of carboxylic acid groups (broad SMARTS) is 1. The van der Waals surface area contributed by atoms with Crippen molar-refractivity contribution in [3.05, 3.63) is 0 Å². The van der Waals surface area contributed by atoms with Crippen LogP contribution in [-0.2, 0) is 4.79 Å². The van der Waals surface area contributed by atoms with E-state index in [9.17, 15) is 4.79 Å². The van der Waals surface area contributed by atoms with Crippen molar-refractivity contribution in [1.29, 1.82) is 0 Å². The lowest BCUT2D eigenvalue weighted by atomic mass is 10.0. The van der Waals surface area contributed by atoms with Crippen molar-refractivity contribution >= 4 is 5.97 Å². The third kappa shape index (κ3) is 38.6. The zero-order valence-electron chi connectivity index (χ0n) is 23.0. The third-order valence-electron chi connectivity index (χ3n) is 6.56. The van der Waals surface area contributed by atoms with Gasteiger partial charge < -0.3 is 15.3 Å². The molecule has 0 aliphatic carbocycles. The Morgan fingerprint density at radius 3 is 0.882 bits per heavy atom. The number of aliphatic hydroxyl groups excluding tert-OH is 2. The van der Waals surface area contributed by atoms with Gasteiger partial charge in [0.05, 0.1) is 0 Å². The van der Waals surface area contributed by atoms with E-state index in [1.807, 2.05) is 0 Å². The van der Waals surface area contributed by atoms with Crippen LogP contribution in [0.15, 0.2) is 0 Å². The number of aliphatic hydroxyl groups is 2. The number of aliphatic carboxylic acids is 1. The summed E-state index contributed by atoms with van der Waals surface area (Å²) in [6, 6.07) is 0. The predicted octanol–water partition coefficient (Wildman–Crippen LogP) is 9.20. The molecule has 4 nitrogen and oxygen atoms in total. The van der Waals surface area contributed by atoms with Crippen molar-refractivity contribution in [2.24, 2.45) is 0 Å². The molecule has 4 heteroatoms. The van der Waals surface area contributed by atoms with Crippen LogP contribution in [0.2, 0.25) is 0 Å². The first kappa shape index (κ1) is 35.6. The van der Waals surface area contributed by atoms with Crippen LogP contribution >= 0.6 is 0 Å². The highest BCUT2D eigenvalue weighted by molar-refractivity contribution is 5.66. The molecule has 206 valence electrons. The van der Waals surface area contributed by atoms with Crippen LogP contribution in [0, 0.1) is 0 Å². The number of rotatable bonds is 27. The molecule has 0 unspecified atom stereocenters. The van der Waals surface area contributed by atoms with Crippen LogP contribution in [0.1, 0.15) is 174 Å². The molecule has 34 heavy (non-hydrogen) atoms. The number of carboxylic acids is 1. The molecule has 0 saturated heterocycles. The van der Waals surface area contributed by atoms with Gasteiger partial charge in [0.2, 0.25) is 0 Å². The topological polar surface area (TPSA) is 77.8 Å². The molecule has 3 N–H and O–H groups in total. The SMILES string of the molecule is CCCCCCCCCCCCCCCC(=O)O.OCCCCCCCCCCCCCCO. The van der Waals surface area contributed by atoms with E-state index >= 15 is 0 Å². The monoisotopic (exact) mass is 486 g/mol. The van der Waals surface area contributed by atoms with Gasteiger partial charge in [0.25, 0.3) is 0 Å². The van der Waals surface area contributed by atoms with E-state index in [4.69, 9.17) is 15.3 Å². The standard InChI is InChI=1S/C16H32O2.C14H30O2/c1-2-3-4-5-6-7-8-9-10-11-12-13-14-15-16(17)18;15-13-11-9-7-5-3-1-2-4-6-8-10-12-14-16/h2-15H2,1H3,(H,17,18);15-16H,1-14H2. The van der Waals surface area contributed by atoms with E-state index in [1.54, 1.807) is 0 Å². The summed E-state index contributed by atoms with van der Waals surface area (Å²) in [5.74, 6) is -0.655. The molecule has 0 fully saturated rings. The fraction of sp³-hybridized carbons (Fsp3) is 0.967. The molecule has 0 radical (unpaired) electrons. The maximum atomic E-state index is 10.3. The summed E-state index contributed by atoms with van der Waals surface area (Å²) >= 11 is 0. The third-order valence-corrected chi connectivity index (χ3v) is 6.56. The van der Waals surface area contributed by atoms with Crippen LogP contribution in [-0.4, -0.2) is 34.5 Å². The Bertz CT molecular complexity index is 346. The molecule has 0 aromatic rings. The second-order valence-electron chi connectivity index (χ2n) is 10.1. The van der Waals surface area contributed by atoms with Crippen molar-refractivity contribution < 1.29 is 20.1 Å². The lowest BCUT2D eigenvalue weighted by Crippen LogP contribution is -1.93. The summed E-state index contributed by atoms with van der Waals surface area (Å²) in [5.41, 5.74) is 0.